The smallest absolute Gasteiger partial charge is 0.341 e. The Morgan fingerprint density at radius 2 is 2.19 bits per heavy atom. The van der Waals surface area contributed by atoms with Crippen LogP contribution in [0.15, 0.2) is 0 Å². The molecule has 1 atom stereocenters. The summed E-state index contributed by atoms with van der Waals surface area (Å²) >= 11 is 7.66. The van der Waals surface area contributed by atoms with Gasteiger partial charge in [0.2, 0.25) is 0 Å². The van der Waals surface area contributed by atoms with E-state index in [1.807, 2.05) is 0 Å². The van der Waals surface area contributed by atoms with Gasteiger partial charge >= 0.3 is 5.97 Å². The summed E-state index contributed by atoms with van der Waals surface area (Å²) in [5, 5.41) is 7.85. The second kappa shape index (κ2) is 7.40. The average Bonchev–Trinajstić information content (AvgIpc) is 3.06. The standard InChI is InChI=1S/C18H22ClN3O3S/c1-5-25-18(24)13-11-7-6-9(2)8-12(11)26-17(13)20-16(23)15-14(19)10(3)22(4)21-15/h9H,5-8H2,1-4H3,(H,20,23)/t9-/m0/s1. The van der Waals surface area contributed by atoms with Gasteiger partial charge in [0.15, 0.2) is 5.69 Å². The number of anilines is 1. The van der Waals surface area contributed by atoms with Gasteiger partial charge in [-0.1, -0.05) is 18.5 Å². The van der Waals surface area contributed by atoms with Crippen LogP contribution in [-0.4, -0.2) is 28.3 Å². The highest BCUT2D eigenvalue weighted by Gasteiger charge is 2.30. The first-order valence-corrected chi connectivity index (χ1v) is 9.85. The lowest BCUT2D eigenvalue weighted by Gasteiger charge is -2.18. The van der Waals surface area contributed by atoms with Crippen LogP contribution in [0.1, 0.15) is 57.2 Å². The van der Waals surface area contributed by atoms with Crippen LogP contribution in [-0.2, 0) is 24.6 Å². The van der Waals surface area contributed by atoms with Crippen LogP contribution in [0.3, 0.4) is 0 Å². The molecule has 1 aliphatic rings. The van der Waals surface area contributed by atoms with Crippen molar-refractivity contribution >= 4 is 39.8 Å². The summed E-state index contributed by atoms with van der Waals surface area (Å²) in [6.07, 6.45) is 2.75. The molecule has 6 nitrogen and oxygen atoms in total. The van der Waals surface area contributed by atoms with Crippen molar-refractivity contribution in [1.82, 2.24) is 9.78 Å². The molecule has 140 valence electrons. The lowest BCUT2D eigenvalue weighted by molar-refractivity contribution is 0.0526. The molecule has 8 heteroatoms. The number of halogens is 1. The van der Waals surface area contributed by atoms with Gasteiger partial charge in [0.1, 0.15) is 5.00 Å². The van der Waals surface area contributed by atoms with Crippen LogP contribution in [0.5, 0.6) is 0 Å². The molecule has 2 aromatic heterocycles. The number of carbonyl (C=O) groups is 2. The first-order chi connectivity index (χ1) is 12.3. The first kappa shape index (κ1) is 18.9. The molecule has 0 saturated carbocycles. The molecule has 2 aromatic rings. The maximum absolute atomic E-state index is 12.7. The molecule has 1 N–H and O–H groups in total. The van der Waals surface area contributed by atoms with Gasteiger partial charge in [-0.05, 0) is 44.6 Å². The minimum atomic E-state index is -0.420. The number of nitrogens with zero attached hydrogens (tertiary/aromatic N) is 2. The average molecular weight is 396 g/mol. The van der Waals surface area contributed by atoms with E-state index in [1.165, 1.54) is 11.3 Å². The van der Waals surface area contributed by atoms with Crippen LogP contribution < -0.4 is 5.32 Å². The van der Waals surface area contributed by atoms with Crippen molar-refractivity contribution < 1.29 is 14.3 Å². The Kier molecular flexibility index (Phi) is 5.39. The molecule has 0 aromatic carbocycles. The van der Waals surface area contributed by atoms with Gasteiger partial charge in [-0.3, -0.25) is 9.48 Å². The monoisotopic (exact) mass is 395 g/mol. The predicted molar refractivity (Wildman–Crippen MR) is 102 cm³/mol. The summed E-state index contributed by atoms with van der Waals surface area (Å²) in [4.78, 5) is 26.3. The number of aromatic nitrogens is 2. The molecule has 1 amide bonds. The number of thiophene rings is 1. The third-order valence-corrected chi connectivity index (χ3v) is 6.32. The van der Waals surface area contributed by atoms with Gasteiger partial charge in [0.25, 0.3) is 5.91 Å². The molecule has 26 heavy (non-hydrogen) atoms. The number of nitrogens with one attached hydrogen (secondary N) is 1. The first-order valence-electron chi connectivity index (χ1n) is 8.65. The lowest BCUT2D eigenvalue weighted by atomic mass is 9.88. The fourth-order valence-corrected chi connectivity index (χ4v) is 4.79. The van der Waals surface area contributed by atoms with Crippen molar-refractivity contribution in [2.75, 3.05) is 11.9 Å². The highest BCUT2D eigenvalue weighted by Crippen LogP contribution is 2.40. The van der Waals surface area contributed by atoms with Gasteiger partial charge < -0.3 is 10.1 Å². The van der Waals surface area contributed by atoms with E-state index in [0.717, 1.165) is 29.7 Å². The number of aryl methyl sites for hydroxylation is 1. The quantitative estimate of drug-likeness (QED) is 0.794. The van der Waals surface area contributed by atoms with Gasteiger partial charge in [0.05, 0.1) is 22.9 Å². The number of fused-ring (bicyclic) bond motifs is 1. The summed E-state index contributed by atoms with van der Waals surface area (Å²) in [5.74, 6) is -0.248. The number of esters is 1. The zero-order valence-electron chi connectivity index (χ0n) is 15.3. The highest BCUT2D eigenvalue weighted by molar-refractivity contribution is 7.17. The van der Waals surface area contributed by atoms with E-state index < -0.39 is 11.9 Å². The van der Waals surface area contributed by atoms with Gasteiger partial charge in [-0.2, -0.15) is 5.10 Å². The molecule has 0 fully saturated rings. The van der Waals surface area contributed by atoms with Gasteiger partial charge in [-0.25, -0.2) is 4.79 Å². The van der Waals surface area contributed by atoms with Crippen LogP contribution in [0.4, 0.5) is 5.00 Å². The Morgan fingerprint density at radius 1 is 1.46 bits per heavy atom. The van der Waals surface area contributed by atoms with E-state index in [1.54, 1.807) is 25.6 Å². The Bertz CT molecular complexity index is 872. The normalized spacial score (nSPS) is 16.3. The van der Waals surface area contributed by atoms with Crippen LogP contribution in [0, 0.1) is 12.8 Å². The summed E-state index contributed by atoms with van der Waals surface area (Å²) in [5.41, 5.74) is 2.35. The molecule has 0 bridgehead atoms. The maximum Gasteiger partial charge on any atom is 0.341 e. The zero-order chi connectivity index (χ0) is 19.0. The molecular weight excluding hydrogens is 374 g/mol. The van der Waals surface area contributed by atoms with Crippen molar-refractivity contribution in [2.24, 2.45) is 13.0 Å². The summed E-state index contributed by atoms with van der Waals surface area (Å²) < 4.78 is 6.78. The predicted octanol–water partition coefficient (Wildman–Crippen LogP) is 4.00. The van der Waals surface area contributed by atoms with E-state index in [-0.39, 0.29) is 5.69 Å². The van der Waals surface area contributed by atoms with Gasteiger partial charge in [-0.15, -0.1) is 11.3 Å². The fraction of sp³-hybridized carbons (Fsp3) is 0.500. The van der Waals surface area contributed by atoms with E-state index in [4.69, 9.17) is 16.3 Å². The van der Waals surface area contributed by atoms with Crippen LogP contribution >= 0.6 is 22.9 Å². The van der Waals surface area contributed by atoms with E-state index in [9.17, 15) is 9.59 Å². The Balaban J connectivity index is 1.97. The highest BCUT2D eigenvalue weighted by atomic mass is 35.5. The Hall–Kier alpha value is -1.86. The molecule has 0 unspecified atom stereocenters. The zero-order valence-corrected chi connectivity index (χ0v) is 16.9. The summed E-state index contributed by atoms with van der Waals surface area (Å²) in [6.45, 7) is 6.05. The minimum Gasteiger partial charge on any atom is -0.462 e. The number of hydrogen-bond donors (Lipinski definition) is 1. The Morgan fingerprint density at radius 3 is 2.81 bits per heavy atom. The third-order valence-electron chi connectivity index (χ3n) is 4.69. The van der Waals surface area contributed by atoms with Gasteiger partial charge in [0, 0.05) is 11.9 Å². The number of amides is 1. The Labute approximate surface area is 161 Å². The number of carbonyl (C=O) groups excluding carboxylic acids is 2. The SMILES string of the molecule is CCOC(=O)c1c(NC(=O)c2nn(C)c(C)c2Cl)sc2c1CC[C@H](C)C2. The molecule has 0 aliphatic heterocycles. The lowest BCUT2D eigenvalue weighted by Crippen LogP contribution is -2.17. The van der Waals surface area contributed by atoms with E-state index in [0.29, 0.717) is 33.8 Å². The van der Waals surface area contributed by atoms with E-state index in [2.05, 4.69) is 17.3 Å². The second-order valence-electron chi connectivity index (χ2n) is 6.60. The topological polar surface area (TPSA) is 73.2 Å². The van der Waals surface area contributed by atoms with Crippen molar-refractivity contribution in [1.29, 1.82) is 0 Å². The number of hydrogen-bond acceptors (Lipinski definition) is 5. The largest absolute Gasteiger partial charge is 0.462 e. The number of rotatable bonds is 4. The molecule has 1 aliphatic carbocycles. The molecule has 0 saturated heterocycles. The van der Waals surface area contributed by atoms with E-state index >= 15 is 0 Å². The summed E-state index contributed by atoms with van der Waals surface area (Å²) in [7, 11) is 1.73. The molecule has 2 heterocycles. The minimum absolute atomic E-state index is 0.154. The van der Waals surface area contributed by atoms with Crippen LogP contribution in [0.2, 0.25) is 5.02 Å². The van der Waals surface area contributed by atoms with Crippen molar-refractivity contribution in [2.45, 2.75) is 40.0 Å². The van der Waals surface area contributed by atoms with Crippen LogP contribution in [0.25, 0.3) is 0 Å². The van der Waals surface area contributed by atoms with Crippen molar-refractivity contribution in [3.8, 4) is 0 Å². The number of ether oxygens (including phenoxy) is 1. The molecule has 0 radical (unpaired) electrons. The van der Waals surface area contributed by atoms with Crippen molar-refractivity contribution in [3.05, 3.63) is 32.4 Å². The third kappa shape index (κ3) is 3.38. The summed E-state index contributed by atoms with van der Waals surface area (Å²) in [6, 6.07) is 0. The molecule has 3 rings (SSSR count). The fourth-order valence-electron chi connectivity index (χ4n) is 3.15. The second-order valence-corrected chi connectivity index (χ2v) is 8.09. The molecule has 0 spiro atoms. The molecular formula is C18H22ClN3O3S. The maximum atomic E-state index is 12.7. The van der Waals surface area contributed by atoms with Crippen molar-refractivity contribution in [3.63, 3.8) is 0 Å².